The van der Waals surface area contributed by atoms with E-state index >= 15 is 0 Å². The van der Waals surface area contributed by atoms with Gasteiger partial charge in [0.05, 0.1) is 18.3 Å². The lowest BCUT2D eigenvalue weighted by molar-refractivity contribution is 0.269. The normalized spacial score (nSPS) is 19.2. The van der Waals surface area contributed by atoms with Crippen molar-refractivity contribution in [2.75, 3.05) is 11.9 Å². The fraction of sp³-hybridized carbons (Fsp3) is 0.229. The molecule has 4 aromatic rings. The minimum absolute atomic E-state index is 0.280. The Morgan fingerprint density at radius 1 is 0.925 bits per heavy atom. The maximum Gasteiger partial charge on any atom is 0.161 e. The van der Waals surface area contributed by atoms with Crippen molar-refractivity contribution < 1.29 is 9.47 Å². The summed E-state index contributed by atoms with van der Waals surface area (Å²) in [6.07, 6.45) is 7.69. The van der Waals surface area contributed by atoms with Crippen molar-refractivity contribution in [2.45, 2.75) is 38.8 Å². The molecule has 0 radical (unpaired) electrons. The summed E-state index contributed by atoms with van der Waals surface area (Å²) in [5, 5.41) is 4.54. The number of aryl methyl sites for hydroxylation is 1. The largest absolute Gasteiger partial charge is 0.490 e. The molecule has 1 aliphatic carbocycles. The molecule has 1 N–H and O–H groups in total. The zero-order valence-electron chi connectivity index (χ0n) is 22.8. The molecule has 40 heavy (non-hydrogen) atoms. The van der Waals surface area contributed by atoms with Gasteiger partial charge in [0.25, 0.3) is 0 Å². The first-order valence-corrected chi connectivity index (χ1v) is 14.3. The van der Waals surface area contributed by atoms with Gasteiger partial charge in [-0.2, -0.15) is 0 Å². The Morgan fingerprint density at radius 3 is 2.55 bits per heavy atom. The molecule has 4 nitrogen and oxygen atoms in total. The van der Waals surface area contributed by atoms with Crippen molar-refractivity contribution in [3.63, 3.8) is 0 Å². The summed E-state index contributed by atoms with van der Waals surface area (Å²) in [7, 11) is 0. The third-order valence-corrected chi connectivity index (χ3v) is 7.96. The maximum atomic E-state index is 6.04. The zero-order chi connectivity index (χ0) is 27.5. The van der Waals surface area contributed by atoms with Crippen LogP contribution in [0.1, 0.15) is 53.1 Å². The van der Waals surface area contributed by atoms with Crippen molar-refractivity contribution in [3.8, 4) is 11.5 Å². The Hall–Kier alpha value is -4.02. The van der Waals surface area contributed by atoms with Crippen LogP contribution in [0.15, 0.2) is 102 Å². The van der Waals surface area contributed by atoms with Gasteiger partial charge in [-0.15, -0.1) is 0 Å². The summed E-state index contributed by atoms with van der Waals surface area (Å²) in [6, 6.07) is 29.2. The highest BCUT2D eigenvalue weighted by molar-refractivity contribution is 6.30. The van der Waals surface area contributed by atoms with E-state index in [9.17, 15) is 0 Å². The third kappa shape index (κ3) is 5.64. The van der Waals surface area contributed by atoms with E-state index in [-0.39, 0.29) is 6.04 Å². The van der Waals surface area contributed by atoms with Crippen LogP contribution >= 0.6 is 11.6 Å². The summed E-state index contributed by atoms with van der Waals surface area (Å²) in [5.41, 5.74) is 8.19. The van der Waals surface area contributed by atoms with Crippen LogP contribution < -0.4 is 14.8 Å². The molecule has 4 aromatic carbocycles. The lowest BCUT2D eigenvalue weighted by Crippen LogP contribution is -2.29. The molecule has 1 aliphatic heterocycles. The zero-order valence-corrected chi connectivity index (χ0v) is 23.6. The molecule has 3 atom stereocenters. The molecule has 6 rings (SSSR count). The second-order valence-electron chi connectivity index (χ2n) is 10.5. The third-order valence-electron chi connectivity index (χ3n) is 7.71. The Balaban J connectivity index is 1.15. The summed E-state index contributed by atoms with van der Waals surface area (Å²) in [5.74, 6) is 2.40. The van der Waals surface area contributed by atoms with E-state index in [1.807, 2.05) is 55.6 Å². The van der Waals surface area contributed by atoms with Crippen LogP contribution in [-0.4, -0.2) is 12.8 Å². The first-order chi connectivity index (χ1) is 19.6. The maximum absolute atomic E-state index is 6.04. The molecule has 0 aromatic heterocycles. The average molecular weight is 549 g/mol. The van der Waals surface area contributed by atoms with E-state index in [4.69, 9.17) is 26.1 Å². The molecule has 0 unspecified atom stereocenters. The van der Waals surface area contributed by atoms with Crippen molar-refractivity contribution >= 4 is 29.2 Å². The first-order valence-electron chi connectivity index (χ1n) is 13.9. The topological polar surface area (TPSA) is 42.8 Å². The van der Waals surface area contributed by atoms with Gasteiger partial charge in [0, 0.05) is 22.8 Å². The number of hydrogen-bond acceptors (Lipinski definition) is 4. The number of rotatable bonds is 8. The van der Waals surface area contributed by atoms with Gasteiger partial charge < -0.3 is 14.8 Å². The van der Waals surface area contributed by atoms with Gasteiger partial charge in [-0.25, -0.2) is 0 Å². The van der Waals surface area contributed by atoms with Crippen LogP contribution in [0.4, 0.5) is 11.4 Å². The number of nitrogens with one attached hydrogen (secondary N) is 1. The quantitative estimate of drug-likeness (QED) is 0.176. The van der Waals surface area contributed by atoms with E-state index in [1.165, 1.54) is 22.4 Å². The molecule has 0 saturated heterocycles. The van der Waals surface area contributed by atoms with E-state index in [1.54, 1.807) is 0 Å². The molecule has 202 valence electrons. The molecule has 5 heteroatoms. The molecule has 2 aliphatic rings. The average Bonchev–Trinajstić information content (AvgIpc) is 3.47. The smallest absolute Gasteiger partial charge is 0.161 e. The molecule has 0 bridgehead atoms. The highest BCUT2D eigenvalue weighted by atomic mass is 35.5. The molecule has 0 saturated carbocycles. The lowest BCUT2D eigenvalue weighted by atomic mass is 9.76. The van der Waals surface area contributed by atoms with Gasteiger partial charge >= 0.3 is 0 Å². The van der Waals surface area contributed by atoms with E-state index < -0.39 is 0 Å². The summed E-state index contributed by atoms with van der Waals surface area (Å²) < 4.78 is 11.9. The predicted octanol–water partition coefficient (Wildman–Crippen LogP) is 9.20. The van der Waals surface area contributed by atoms with Crippen LogP contribution in [0.2, 0.25) is 5.02 Å². The summed E-state index contributed by atoms with van der Waals surface area (Å²) in [6.45, 7) is 5.13. The molecule has 0 fully saturated rings. The molecule has 0 spiro atoms. The van der Waals surface area contributed by atoms with Crippen molar-refractivity contribution in [1.82, 2.24) is 0 Å². The second-order valence-corrected chi connectivity index (χ2v) is 10.9. The van der Waals surface area contributed by atoms with E-state index in [0.717, 1.165) is 23.2 Å². The number of anilines is 1. The molecular formula is C35H33ClN2O2. The van der Waals surface area contributed by atoms with Crippen molar-refractivity contribution in [1.29, 1.82) is 0 Å². The number of fused-ring (bicyclic) bond motifs is 3. The van der Waals surface area contributed by atoms with Gasteiger partial charge in [-0.05, 0) is 97.0 Å². The minimum Gasteiger partial charge on any atom is -0.490 e. The Bertz CT molecular complexity index is 1540. The van der Waals surface area contributed by atoms with Gasteiger partial charge in [-0.1, -0.05) is 65.7 Å². The second kappa shape index (κ2) is 11.6. The monoisotopic (exact) mass is 548 g/mol. The number of hydrogen-bond donors (Lipinski definition) is 1. The Morgan fingerprint density at radius 2 is 1.75 bits per heavy atom. The van der Waals surface area contributed by atoms with Crippen LogP contribution in [0.3, 0.4) is 0 Å². The number of benzene rings is 4. The van der Waals surface area contributed by atoms with Gasteiger partial charge in [0.1, 0.15) is 6.61 Å². The van der Waals surface area contributed by atoms with Gasteiger partial charge in [-0.3, -0.25) is 4.99 Å². The summed E-state index contributed by atoms with van der Waals surface area (Å²) >= 11 is 5.99. The molecule has 1 heterocycles. The van der Waals surface area contributed by atoms with E-state index in [2.05, 4.69) is 66.9 Å². The van der Waals surface area contributed by atoms with Crippen molar-refractivity contribution in [2.24, 2.45) is 10.9 Å². The number of allylic oxidation sites excluding steroid dienone is 2. The lowest BCUT2D eigenvalue weighted by Gasteiger charge is -2.37. The van der Waals surface area contributed by atoms with Gasteiger partial charge in [0.15, 0.2) is 11.5 Å². The van der Waals surface area contributed by atoms with Crippen LogP contribution in [-0.2, 0) is 6.61 Å². The highest BCUT2D eigenvalue weighted by Gasteiger charge is 2.37. The Kier molecular flexibility index (Phi) is 7.61. The predicted molar refractivity (Wildman–Crippen MR) is 165 cm³/mol. The van der Waals surface area contributed by atoms with E-state index in [0.29, 0.717) is 41.6 Å². The van der Waals surface area contributed by atoms with Crippen LogP contribution in [0, 0.1) is 12.8 Å². The minimum atomic E-state index is 0.280. The number of aliphatic imine (C=N–C) groups is 1. The number of ether oxygens (including phenoxy) is 2. The van der Waals surface area contributed by atoms with Crippen LogP contribution in [0.25, 0.3) is 0 Å². The Labute approximate surface area is 241 Å². The van der Waals surface area contributed by atoms with Crippen molar-refractivity contribution in [3.05, 3.63) is 130 Å². The highest BCUT2D eigenvalue weighted by Crippen LogP contribution is 2.50. The fourth-order valence-electron chi connectivity index (χ4n) is 5.69. The number of nitrogens with zero attached hydrogens (tertiary/aromatic N) is 1. The molecule has 0 amide bonds. The first kappa shape index (κ1) is 26.2. The number of halogens is 1. The SMILES string of the molecule is CCOc1cc(C=Nc2ccc([C@@H]3Nc4ccc(C)cc4[C@@H]4C=CC[C@H]43)cc2)ccc1OCc1ccc(Cl)cc1. The summed E-state index contributed by atoms with van der Waals surface area (Å²) in [4.78, 5) is 4.74. The fourth-order valence-corrected chi connectivity index (χ4v) is 5.82. The standard InChI is InChI=1S/C35H33ClN2O2/c1-3-39-34-20-25(10-18-33(34)40-22-24-8-13-27(36)14-9-24)21-37-28-15-11-26(12-16-28)35-30-6-4-5-29(30)31-19-23(2)7-17-32(31)38-35/h4-5,7-21,29-30,35,38H,3,6,22H2,1-2H3/t29-,30-,35+/m1/s1. The molecular weight excluding hydrogens is 516 g/mol. The van der Waals surface area contributed by atoms with Gasteiger partial charge in [0.2, 0.25) is 0 Å². The van der Waals surface area contributed by atoms with Crippen LogP contribution in [0.5, 0.6) is 11.5 Å².